The monoisotopic (exact) mass is 248 g/mol. The number of hydrogen-bond acceptors (Lipinski definition) is 2. The quantitative estimate of drug-likeness (QED) is 0.619. The van der Waals surface area contributed by atoms with Gasteiger partial charge in [0.25, 0.3) is 0 Å². The maximum absolute atomic E-state index is 7.57. The molecule has 0 radical (unpaired) electrons. The highest BCUT2D eigenvalue weighted by Gasteiger charge is 1.88. The first kappa shape index (κ1) is 22.1. The fourth-order valence-electron chi connectivity index (χ4n) is 1.38. The van der Waals surface area contributed by atoms with Crippen molar-refractivity contribution in [2.75, 3.05) is 13.2 Å². The highest BCUT2D eigenvalue weighted by molar-refractivity contribution is 4.44. The molecule has 0 amide bonds. The lowest BCUT2D eigenvalue weighted by atomic mass is 10.1. The van der Waals surface area contributed by atoms with Gasteiger partial charge in [0.1, 0.15) is 0 Å². The predicted molar refractivity (Wildman–Crippen MR) is 78.4 cm³/mol. The van der Waals surface area contributed by atoms with Gasteiger partial charge in [0.05, 0.1) is 0 Å². The first-order chi connectivity index (χ1) is 8.24. The van der Waals surface area contributed by atoms with E-state index < -0.39 is 0 Å². The fraction of sp³-hybridized carbons (Fsp3) is 1.00. The lowest BCUT2D eigenvalue weighted by Crippen LogP contribution is -1.79. The van der Waals surface area contributed by atoms with Gasteiger partial charge in [0, 0.05) is 13.2 Å². The summed E-state index contributed by atoms with van der Waals surface area (Å²) < 4.78 is 0. The van der Waals surface area contributed by atoms with E-state index in [0.717, 1.165) is 0 Å². The van der Waals surface area contributed by atoms with Crippen molar-refractivity contribution in [1.29, 1.82) is 0 Å². The molecule has 0 rings (SSSR count). The minimum atomic E-state index is 0.250. The Morgan fingerprint density at radius 1 is 0.471 bits per heavy atom. The standard InChI is InChI=1S/C11H24.2C2H6O/c1-3-5-7-9-11-10-8-6-4-2;2*1-2-3/h3-11H2,1-2H3;2*3H,2H2,1H3. The largest absolute Gasteiger partial charge is 0.397 e. The van der Waals surface area contributed by atoms with Crippen LogP contribution in [0, 0.1) is 0 Å². The molecule has 0 unspecified atom stereocenters. The van der Waals surface area contributed by atoms with Crippen LogP contribution in [0.3, 0.4) is 0 Å². The van der Waals surface area contributed by atoms with Gasteiger partial charge in [0.15, 0.2) is 0 Å². The van der Waals surface area contributed by atoms with Crippen LogP contribution in [0.15, 0.2) is 0 Å². The molecule has 108 valence electrons. The van der Waals surface area contributed by atoms with E-state index in [-0.39, 0.29) is 13.2 Å². The number of hydrogen-bond donors (Lipinski definition) is 2. The second kappa shape index (κ2) is 29.7. The van der Waals surface area contributed by atoms with E-state index in [0.29, 0.717) is 0 Å². The molecule has 17 heavy (non-hydrogen) atoms. The maximum Gasteiger partial charge on any atom is 0.0402 e. The van der Waals surface area contributed by atoms with Crippen LogP contribution in [0.1, 0.15) is 85.5 Å². The molecular formula is C15H36O2. The summed E-state index contributed by atoms with van der Waals surface area (Å²) in [4.78, 5) is 0. The van der Waals surface area contributed by atoms with Crippen LogP contribution in [-0.2, 0) is 0 Å². The Hall–Kier alpha value is -0.0800. The predicted octanol–water partition coefficient (Wildman–Crippen LogP) is 4.53. The molecule has 0 aromatic heterocycles. The van der Waals surface area contributed by atoms with Gasteiger partial charge >= 0.3 is 0 Å². The van der Waals surface area contributed by atoms with Crippen molar-refractivity contribution in [3.05, 3.63) is 0 Å². The first-order valence-electron chi connectivity index (χ1n) is 7.46. The topological polar surface area (TPSA) is 40.5 Å². The molecule has 0 aliphatic rings. The van der Waals surface area contributed by atoms with E-state index in [2.05, 4.69) is 13.8 Å². The van der Waals surface area contributed by atoms with Gasteiger partial charge in [-0.1, -0.05) is 71.6 Å². The summed E-state index contributed by atoms with van der Waals surface area (Å²) in [7, 11) is 0. The summed E-state index contributed by atoms with van der Waals surface area (Å²) in [5.74, 6) is 0. The van der Waals surface area contributed by atoms with Crippen molar-refractivity contribution in [2.45, 2.75) is 85.5 Å². The van der Waals surface area contributed by atoms with Crippen LogP contribution < -0.4 is 0 Å². The van der Waals surface area contributed by atoms with Gasteiger partial charge in [-0.3, -0.25) is 0 Å². The van der Waals surface area contributed by atoms with Crippen molar-refractivity contribution in [1.82, 2.24) is 0 Å². The Morgan fingerprint density at radius 2 is 0.647 bits per heavy atom. The Bertz CT molecular complexity index is 75.0. The maximum atomic E-state index is 7.57. The third kappa shape index (κ3) is 49.2. The van der Waals surface area contributed by atoms with Crippen molar-refractivity contribution >= 4 is 0 Å². The second-order valence-corrected chi connectivity index (χ2v) is 4.11. The lowest BCUT2D eigenvalue weighted by Gasteiger charge is -1.98. The van der Waals surface area contributed by atoms with E-state index in [9.17, 15) is 0 Å². The van der Waals surface area contributed by atoms with Crippen molar-refractivity contribution in [3.8, 4) is 0 Å². The Balaban J connectivity index is -0.000000273. The first-order valence-corrected chi connectivity index (χ1v) is 7.46. The molecule has 0 aliphatic heterocycles. The third-order valence-corrected chi connectivity index (χ3v) is 2.21. The summed E-state index contributed by atoms with van der Waals surface area (Å²) in [6.45, 7) is 8.41. The Kier molecular flexibility index (Phi) is 38.7. The van der Waals surface area contributed by atoms with Gasteiger partial charge in [-0.2, -0.15) is 0 Å². The van der Waals surface area contributed by atoms with Crippen molar-refractivity contribution < 1.29 is 10.2 Å². The smallest absolute Gasteiger partial charge is 0.0402 e. The van der Waals surface area contributed by atoms with Crippen LogP contribution in [0.5, 0.6) is 0 Å². The Morgan fingerprint density at radius 3 is 0.824 bits per heavy atom. The van der Waals surface area contributed by atoms with Crippen LogP contribution in [-0.4, -0.2) is 23.4 Å². The third-order valence-electron chi connectivity index (χ3n) is 2.21. The molecule has 2 N–H and O–H groups in total. The van der Waals surface area contributed by atoms with E-state index >= 15 is 0 Å². The average molecular weight is 248 g/mol. The summed E-state index contributed by atoms with van der Waals surface area (Å²) in [5.41, 5.74) is 0. The van der Waals surface area contributed by atoms with E-state index in [4.69, 9.17) is 10.2 Å². The number of aliphatic hydroxyl groups is 2. The van der Waals surface area contributed by atoms with Crippen LogP contribution in [0.2, 0.25) is 0 Å². The Labute approximate surface area is 109 Å². The highest BCUT2D eigenvalue weighted by Crippen LogP contribution is 2.08. The average Bonchev–Trinajstić information content (AvgIpc) is 2.30. The number of unbranched alkanes of at least 4 members (excludes halogenated alkanes) is 8. The molecule has 2 heteroatoms. The van der Waals surface area contributed by atoms with Gasteiger partial charge in [-0.05, 0) is 13.8 Å². The number of aliphatic hydroxyl groups excluding tert-OH is 2. The molecule has 0 saturated heterocycles. The number of rotatable bonds is 8. The SMILES string of the molecule is CCCCCCCCCCC.CCO.CCO. The van der Waals surface area contributed by atoms with Gasteiger partial charge in [0.2, 0.25) is 0 Å². The van der Waals surface area contributed by atoms with Crippen molar-refractivity contribution in [3.63, 3.8) is 0 Å². The molecule has 0 heterocycles. The molecule has 0 fully saturated rings. The normalized spacial score (nSPS) is 8.82. The molecular weight excluding hydrogens is 212 g/mol. The fourth-order valence-corrected chi connectivity index (χ4v) is 1.38. The summed E-state index contributed by atoms with van der Waals surface area (Å²) >= 11 is 0. The highest BCUT2D eigenvalue weighted by atomic mass is 16.3. The summed E-state index contributed by atoms with van der Waals surface area (Å²) in [6, 6.07) is 0. The van der Waals surface area contributed by atoms with Gasteiger partial charge < -0.3 is 10.2 Å². The molecule has 0 aliphatic carbocycles. The van der Waals surface area contributed by atoms with E-state index in [1.54, 1.807) is 13.8 Å². The summed E-state index contributed by atoms with van der Waals surface area (Å²) in [5, 5.41) is 15.1. The molecule has 2 nitrogen and oxygen atoms in total. The minimum absolute atomic E-state index is 0.250. The van der Waals surface area contributed by atoms with Crippen molar-refractivity contribution in [2.24, 2.45) is 0 Å². The summed E-state index contributed by atoms with van der Waals surface area (Å²) in [6.07, 6.45) is 13.0. The zero-order valence-corrected chi connectivity index (χ0v) is 12.7. The molecule has 0 aromatic carbocycles. The van der Waals surface area contributed by atoms with Gasteiger partial charge in [-0.25, -0.2) is 0 Å². The van der Waals surface area contributed by atoms with Crippen LogP contribution in [0.25, 0.3) is 0 Å². The minimum Gasteiger partial charge on any atom is -0.397 e. The zero-order chi connectivity index (χ0) is 13.8. The van der Waals surface area contributed by atoms with Crippen LogP contribution >= 0.6 is 0 Å². The second-order valence-electron chi connectivity index (χ2n) is 4.11. The van der Waals surface area contributed by atoms with Crippen LogP contribution in [0.4, 0.5) is 0 Å². The van der Waals surface area contributed by atoms with E-state index in [1.807, 2.05) is 0 Å². The van der Waals surface area contributed by atoms with E-state index in [1.165, 1.54) is 57.8 Å². The molecule has 0 saturated carbocycles. The molecule has 0 bridgehead atoms. The van der Waals surface area contributed by atoms with Gasteiger partial charge in [-0.15, -0.1) is 0 Å². The molecule has 0 spiro atoms. The zero-order valence-electron chi connectivity index (χ0n) is 12.7. The lowest BCUT2D eigenvalue weighted by molar-refractivity contribution is 0.318. The molecule has 0 aromatic rings. The molecule has 0 atom stereocenters.